The lowest BCUT2D eigenvalue weighted by Crippen LogP contribution is -2.36. The Bertz CT molecular complexity index is 775. The number of nitrogens with zero attached hydrogens (tertiary/aromatic N) is 4. The van der Waals surface area contributed by atoms with Crippen LogP contribution in [-0.2, 0) is 9.30 Å². The number of ether oxygens (including phenoxy) is 1. The molecule has 120 valence electrons. The fraction of sp³-hybridized carbons (Fsp3) is 0.600. The predicted octanol–water partition coefficient (Wildman–Crippen LogP) is -0.0109. The van der Waals surface area contributed by atoms with E-state index in [4.69, 9.17) is 20.1 Å². The van der Waals surface area contributed by atoms with Gasteiger partial charge in [-0.1, -0.05) is 5.11 Å². The maximum Gasteiger partial charge on any atom is 0.330 e. The molecule has 1 aromatic rings. The normalized spacial score (nSPS) is 25.0. The van der Waals surface area contributed by atoms with Crippen molar-refractivity contribution < 1.29 is 19.1 Å². The van der Waals surface area contributed by atoms with Crippen molar-refractivity contribution >= 4 is 7.60 Å². The van der Waals surface area contributed by atoms with Crippen molar-refractivity contribution in [2.24, 2.45) is 5.11 Å². The second-order valence-electron chi connectivity index (χ2n) is 4.98. The maximum atomic E-state index is 11.9. The summed E-state index contributed by atoms with van der Waals surface area (Å²) in [5.74, 6) is 0. The fourth-order valence-electron chi connectivity index (χ4n) is 2.31. The summed E-state index contributed by atoms with van der Waals surface area (Å²) in [4.78, 5) is 46.0. The minimum atomic E-state index is -4.31. The van der Waals surface area contributed by atoms with Crippen LogP contribution in [0.2, 0.25) is 0 Å². The molecule has 3 N–H and O–H groups in total. The van der Waals surface area contributed by atoms with Crippen LogP contribution in [0.25, 0.3) is 10.4 Å². The summed E-state index contributed by atoms with van der Waals surface area (Å²) >= 11 is 0. The van der Waals surface area contributed by atoms with Crippen LogP contribution in [-0.4, -0.2) is 37.6 Å². The van der Waals surface area contributed by atoms with Gasteiger partial charge in [-0.25, -0.2) is 4.79 Å². The summed E-state index contributed by atoms with van der Waals surface area (Å²) < 4.78 is 17.6. The first-order valence-electron chi connectivity index (χ1n) is 6.27. The van der Waals surface area contributed by atoms with Crippen molar-refractivity contribution in [3.63, 3.8) is 0 Å². The molecule has 0 spiro atoms. The van der Waals surface area contributed by atoms with Crippen LogP contribution in [0.15, 0.2) is 20.9 Å². The predicted molar refractivity (Wildman–Crippen MR) is 74.4 cm³/mol. The molecule has 3 atom stereocenters. The number of aryl methyl sites for hydroxylation is 1. The molecule has 1 aliphatic rings. The molecule has 22 heavy (non-hydrogen) atoms. The summed E-state index contributed by atoms with van der Waals surface area (Å²) in [5.41, 5.74) is 7.53. The zero-order chi connectivity index (χ0) is 16.5. The molecule has 1 saturated heterocycles. The molecule has 2 heterocycles. The lowest BCUT2D eigenvalue weighted by molar-refractivity contribution is 0.00252. The van der Waals surface area contributed by atoms with Crippen molar-refractivity contribution in [1.29, 1.82) is 0 Å². The second-order valence-corrected chi connectivity index (χ2v) is 6.68. The average Bonchev–Trinajstić information content (AvgIpc) is 2.74. The van der Waals surface area contributed by atoms with E-state index in [1.807, 2.05) is 0 Å². The van der Waals surface area contributed by atoms with Gasteiger partial charge in [-0.2, -0.15) is 0 Å². The van der Waals surface area contributed by atoms with Gasteiger partial charge in [0.2, 0.25) is 0 Å². The van der Waals surface area contributed by atoms with Crippen molar-refractivity contribution in [3.05, 3.63) is 43.0 Å². The largest absolute Gasteiger partial charge is 0.354 e. The smallest absolute Gasteiger partial charge is 0.330 e. The maximum absolute atomic E-state index is 11.9. The van der Waals surface area contributed by atoms with E-state index < -0.39 is 43.4 Å². The zero-order valence-electron chi connectivity index (χ0n) is 11.5. The van der Waals surface area contributed by atoms with Crippen molar-refractivity contribution in [1.82, 2.24) is 9.55 Å². The average molecular weight is 331 g/mol. The summed E-state index contributed by atoms with van der Waals surface area (Å²) in [6, 6.07) is -0.815. The third-order valence-electron chi connectivity index (χ3n) is 3.23. The molecule has 1 aliphatic heterocycles. The van der Waals surface area contributed by atoms with Gasteiger partial charge in [-0.15, -0.1) is 0 Å². The van der Waals surface area contributed by atoms with Gasteiger partial charge >= 0.3 is 13.3 Å². The number of rotatable bonds is 4. The Morgan fingerprint density at radius 3 is 2.86 bits per heavy atom. The van der Waals surface area contributed by atoms with Crippen LogP contribution in [0.1, 0.15) is 18.2 Å². The molecule has 0 bridgehead atoms. The van der Waals surface area contributed by atoms with Gasteiger partial charge < -0.3 is 14.5 Å². The summed E-state index contributed by atoms with van der Waals surface area (Å²) in [5, 5.41) is 3.51. The molecule has 0 radical (unpaired) electrons. The number of aromatic amines is 1. The second kappa shape index (κ2) is 6.07. The Labute approximate surface area is 123 Å². The van der Waals surface area contributed by atoms with Crippen LogP contribution in [0.5, 0.6) is 0 Å². The molecule has 1 unspecified atom stereocenters. The lowest BCUT2D eigenvalue weighted by atomic mass is 10.2. The van der Waals surface area contributed by atoms with E-state index in [0.29, 0.717) is 0 Å². The quantitative estimate of drug-likeness (QED) is 0.303. The Morgan fingerprint density at radius 1 is 1.59 bits per heavy atom. The number of H-pyrrole nitrogens is 1. The summed E-state index contributed by atoms with van der Waals surface area (Å²) in [6.07, 6.45) is -1.12. The standard InChI is InChI=1S/C10H14N5O6P/c1-5-3-15(10(17)12-8(5)16)9-7(13-14-11)2-6(21-9)4-22(18,19)20/h3,6-7,9H,2,4H2,1H3,(H,12,16,17)(H2,18,19,20)/t6-,7?,9+/m0/s1. The number of nitrogens with one attached hydrogen (secondary N) is 1. The van der Waals surface area contributed by atoms with Gasteiger partial charge in [0.1, 0.15) is 6.23 Å². The molecule has 0 saturated carbocycles. The Kier molecular flexibility index (Phi) is 4.55. The van der Waals surface area contributed by atoms with E-state index in [2.05, 4.69) is 15.0 Å². The molecule has 2 rings (SSSR count). The molecule has 12 heteroatoms. The first-order chi connectivity index (χ1) is 10.2. The number of aromatic nitrogens is 2. The van der Waals surface area contributed by atoms with Crippen LogP contribution in [0, 0.1) is 6.92 Å². The van der Waals surface area contributed by atoms with Gasteiger partial charge in [0.25, 0.3) is 5.56 Å². The third-order valence-corrected chi connectivity index (χ3v) is 4.11. The number of hydrogen-bond acceptors (Lipinski definition) is 5. The van der Waals surface area contributed by atoms with Gasteiger partial charge in [-0.3, -0.25) is 18.9 Å². The van der Waals surface area contributed by atoms with Gasteiger partial charge in [-0.05, 0) is 18.9 Å². The molecular weight excluding hydrogens is 317 g/mol. The third kappa shape index (κ3) is 3.65. The minimum absolute atomic E-state index is 0.0600. The van der Waals surface area contributed by atoms with Crippen LogP contribution in [0.3, 0.4) is 0 Å². The van der Waals surface area contributed by atoms with E-state index >= 15 is 0 Å². The Morgan fingerprint density at radius 2 is 2.27 bits per heavy atom. The zero-order valence-corrected chi connectivity index (χ0v) is 12.4. The van der Waals surface area contributed by atoms with Crippen molar-refractivity contribution in [3.8, 4) is 0 Å². The first kappa shape index (κ1) is 16.5. The van der Waals surface area contributed by atoms with Crippen molar-refractivity contribution in [2.45, 2.75) is 31.7 Å². The van der Waals surface area contributed by atoms with E-state index in [0.717, 1.165) is 4.57 Å². The van der Waals surface area contributed by atoms with E-state index in [9.17, 15) is 14.2 Å². The summed E-state index contributed by atoms with van der Waals surface area (Å²) in [7, 11) is -4.31. The lowest BCUT2D eigenvalue weighted by Gasteiger charge is -2.18. The summed E-state index contributed by atoms with van der Waals surface area (Å²) in [6.45, 7) is 1.49. The van der Waals surface area contributed by atoms with E-state index in [1.165, 1.54) is 13.1 Å². The topological polar surface area (TPSA) is 170 Å². The highest BCUT2D eigenvalue weighted by Gasteiger charge is 2.39. The van der Waals surface area contributed by atoms with Crippen LogP contribution >= 0.6 is 7.60 Å². The monoisotopic (exact) mass is 331 g/mol. The SMILES string of the molecule is Cc1cn([C@@H]2O[C@H](CP(=O)(O)O)CC2N=[N+]=[N-])c(=O)[nH]c1=O. The van der Waals surface area contributed by atoms with Crippen molar-refractivity contribution in [2.75, 3.05) is 6.16 Å². The van der Waals surface area contributed by atoms with E-state index in [-0.39, 0.29) is 12.0 Å². The van der Waals surface area contributed by atoms with Crippen LogP contribution in [0.4, 0.5) is 0 Å². The molecule has 1 fully saturated rings. The molecule has 0 aromatic carbocycles. The van der Waals surface area contributed by atoms with Gasteiger partial charge in [0.15, 0.2) is 0 Å². The highest BCUT2D eigenvalue weighted by molar-refractivity contribution is 7.51. The molecule has 11 nitrogen and oxygen atoms in total. The fourth-order valence-corrected chi connectivity index (χ4v) is 3.07. The first-order valence-corrected chi connectivity index (χ1v) is 8.07. The van der Waals surface area contributed by atoms with Crippen LogP contribution < -0.4 is 11.2 Å². The van der Waals surface area contributed by atoms with E-state index in [1.54, 1.807) is 0 Å². The molecule has 1 aromatic heterocycles. The van der Waals surface area contributed by atoms with Gasteiger partial charge in [0, 0.05) is 16.7 Å². The Balaban J connectivity index is 2.38. The highest BCUT2D eigenvalue weighted by Crippen LogP contribution is 2.41. The molecule has 0 aliphatic carbocycles. The molecular formula is C10H14N5O6P. The Hall–Kier alpha value is -1.90. The van der Waals surface area contributed by atoms with Gasteiger partial charge in [0.05, 0.1) is 18.3 Å². The minimum Gasteiger partial charge on any atom is -0.354 e. The number of hydrogen-bond donors (Lipinski definition) is 3. The molecule has 0 amide bonds. The number of azide groups is 1. The highest BCUT2D eigenvalue weighted by atomic mass is 31.2.